The molecule has 0 radical (unpaired) electrons. The first-order chi connectivity index (χ1) is 9.81. The monoisotopic (exact) mass is 315 g/mol. The van der Waals surface area contributed by atoms with E-state index in [-0.39, 0.29) is 16.3 Å². The minimum Gasteiger partial charge on any atom is -0.381 e. The molecule has 1 saturated carbocycles. The minimum absolute atomic E-state index is 0.0506. The molecule has 0 aliphatic heterocycles. The van der Waals surface area contributed by atoms with Gasteiger partial charge in [0.05, 0.1) is 0 Å². The van der Waals surface area contributed by atoms with Crippen molar-refractivity contribution < 1.29 is 8.42 Å². The number of aromatic nitrogens is 2. The van der Waals surface area contributed by atoms with E-state index in [1.807, 2.05) is 21.0 Å². The van der Waals surface area contributed by atoms with Crippen LogP contribution in [0.3, 0.4) is 0 Å². The van der Waals surface area contributed by atoms with Crippen LogP contribution in [0.5, 0.6) is 0 Å². The molecule has 1 heterocycles. The summed E-state index contributed by atoms with van der Waals surface area (Å²) in [4.78, 5) is 2.19. The fraction of sp³-hybridized carbons (Fsp3) is 0.769. The van der Waals surface area contributed by atoms with Gasteiger partial charge in [-0.3, -0.25) is 4.68 Å². The summed E-state index contributed by atoms with van der Waals surface area (Å²) >= 11 is 0. The van der Waals surface area contributed by atoms with Gasteiger partial charge in [0.15, 0.2) is 5.82 Å². The number of aryl methyl sites for hydroxylation is 1. The summed E-state index contributed by atoms with van der Waals surface area (Å²) in [5, 5.41) is 3.99. The number of likely N-dealkylation sites (N-methyl/N-ethyl adjacent to an activating group) is 1. The van der Waals surface area contributed by atoms with Crippen molar-refractivity contribution in [1.29, 1.82) is 0 Å². The molecule has 1 aromatic heterocycles. The van der Waals surface area contributed by atoms with Crippen molar-refractivity contribution in [3.8, 4) is 0 Å². The molecule has 21 heavy (non-hydrogen) atoms. The fourth-order valence-corrected chi connectivity index (χ4v) is 4.10. The Kier molecular flexibility index (Phi) is 4.60. The van der Waals surface area contributed by atoms with Crippen LogP contribution in [0.15, 0.2) is 11.1 Å². The number of nitrogens with zero attached hydrogens (tertiary/aromatic N) is 3. The first kappa shape index (κ1) is 16.3. The van der Waals surface area contributed by atoms with Crippen LogP contribution in [-0.4, -0.2) is 49.3 Å². The van der Waals surface area contributed by atoms with Crippen molar-refractivity contribution in [2.75, 3.05) is 26.4 Å². The van der Waals surface area contributed by atoms with Gasteiger partial charge in [-0.05, 0) is 33.9 Å². The van der Waals surface area contributed by atoms with Gasteiger partial charge in [-0.25, -0.2) is 13.1 Å². The summed E-state index contributed by atoms with van der Waals surface area (Å²) in [5.41, 5.74) is 5.62. The maximum atomic E-state index is 12.4. The number of hydrogen-bond donors (Lipinski definition) is 2. The van der Waals surface area contributed by atoms with Gasteiger partial charge in [-0.1, -0.05) is 12.8 Å². The Morgan fingerprint density at radius 1 is 1.43 bits per heavy atom. The lowest BCUT2D eigenvalue weighted by molar-refractivity contribution is 0.162. The molecule has 0 unspecified atom stereocenters. The molecule has 2 rings (SSSR count). The van der Waals surface area contributed by atoms with Crippen molar-refractivity contribution in [1.82, 2.24) is 19.4 Å². The van der Waals surface area contributed by atoms with Crippen molar-refractivity contribution in [3.05, 3.63) is 6.20 Å². The highest BCUT2D eigenvalue weighted by molar-refractivity contribution is 7.89. The third-order valence-electron chi connectivity index (χ3n) is 4.44. The molecule has 0 saturated heterocycles. The van der Waals surface area contributed by atoms with Gasteiger partial charge in [0.1, 0.15) is 4.90 Å². The summed E-state index contributed by atoms with van der Waals surface area (Å²) in [6, 6.07) is 0. The molecule has 3 N–H and O–H groups in total. The summed E-state index contributed by atoms with van der Waals surface area (Å²) in [6.07, 6.45) is 5.76. The maximum absolute atomic E-state index is 12.4. The molecule has 0 amide bonds. The Hall–Kier alpha value is -1.12. The van der Waals surface area contributed by atoms with Crippen LogP contribution in [0, 0.1) is 0 Å². The predicted molar refractivity (Wildman–Crippen MR) is 82.4 cm³/mol. The van der Waals surface area contributed by atoms with E-state index < -0.39 is 10.0 Å². The summed E-state index contributed by atoms with van der Waals surface area (Å²) in [5.74, 6) is 0.0506. The van der Waals surface area contributed by atoms with Crippen molar-refractivity contribution in [2.45, 2.75) is 49.6 Å². The largest absolute Gasteiger partial charge is 0.381 e. The fourth-order valence-electron chi connectivity index (χ4n) is 2.91. The van der Waals surface area contributed by atoms with Crippen LogP contribution in [0.1, 0.15) is 32.6 Å². The van der Waals surface area contributed by atoms with Gasteiger partial charge in [-0.15, -0.1) is 0 Å². The molecular weight excluding hydrogens is 290 g/mol. The lowest BCUT2D eigenvalue weighted by atomic mass is 9.97. The summed E-state index contributed by atoms with van der Waals surface area (Å²) < 4.78 is 29.1. The SMILES string of the molecule is CCn1cc(S(=O)(=O)NCC2(N(C)C)CCCC2)c(N)n1. The normalized spacial score (nSPS) is 18.5. The number of anilines is 1. The van der Waals surface area contributed by atoms with Crippen LogP contribution >= 0.6 is 0 Å². The van der Waals surface area contributed by atoms with Crippen molar-refractivity contribution >= 4 is 15.8 Å². The lowest BCUT2D eigenvalue weighted by Crippen LogP contribution is -2.50. The van der Waals surface area contributed by atoms with E-state index >= 15 is 0 Å². The number of nitrogens with one attached hydrogen (secondary N) is 1. The number of nitrogens with two attached hydrogens (primary N) is 1. The molecule has 1 aromatic rings. The van der Waals surface area contributed by atoms with Crippen LogP contribution in [0.2, 0.25) is 0 Å². The quantitative estimate of drug-likeness (QED) is 0.803. The van der Waals surface area contributed by atoms with E-state index in [4.69, 9.17) is 5.73 Å². The van der Waals surface area contributed by atoms with Gasteiger partial charge in [0.25, 0.3) is 0 Å². The third kappa shape index (κ3) is 3.22. The predicted octanol–water partition coefficient (Wildman–Crippen LogP) is 0.638. The minimum atomic E-state index is -3.62. The molecule has 7 nitrogen and oxygen atoms in total. The third-order valence-corrected chi connectivity index (χ3v) is 5.86. The highest BCUT2D eigenvalue weighted by Gasteiger charge is 2.37. The first-order valence-electron chi connectivity index (χ1n) is 7.31. The highest BCUT2D eigenvalue weighted by atomic mass is 32.2. The molecule has 8 heteroatoms. The van der Waals surface area contributed by atoms with Gasteiger partial charge in [0, 0.05) is 24.8 Å². The topological polar surface area (TPSA) is 93.2 Å². The molecule has 1 fully saturated rings. The van der Waals surface area contributed by atoms with E-state index in [0.717, 1.165) is 25.7 Å². The van der Waals surface area contributed by atoms with Crippen molar-refractivity contribution in [3.63, 3.8) is 0 Å². The van der Waals surface area contributed by atoms with E-state index in [0.29, 0.717) is 13.1 Å². The number of nitrogen functional groups attached to an aromatic ring is 1. The van der Waals surface area contributed by atoms with Gasteiger partial charge in [0.2, 0.25) is 10.0 Å². The Morgan fingerprint density at radius 2 is 2.05 bits per heavy atom. The Balaban J connectivity index is 2.15. The molecule has 0 atom stereocenters. The molecule has 1 aliphatic carbocycles. The van der Waals surface area contributed by atoms with E-state index in [2.05, 4.69) is 14.7 Å². The standard InChI is InChI=1S/C13H25N5O2S/c1-4-18-9-11(12(14)16-18)21(19,20)15-10-13(17(2)3)7-5-6-8-13/h9,15H,4-8,10H2,1-3H3,(H2,14,16). The van der Waals surface area contributed by atoms with E-state index in [1.165, 1.54) is 10.9 Å². The number of rotatable bonds is 6. The van der Waals surface area contributed by atoms with Crippen molar-refractivity contribution in [2.24, 2.45) is 0 Å². The number of hydrogen-bond acceptors (Lipinski definition) is 5. The smallest absolute Gasteiger partial charge is 0.245 e. The molecular formula is C13H25N5O2S. The van der Waals surface area contributed by atoms with Crippen LogP contribution in [-0.2, 0) is 16.6 Å². The Morgan fingerprint density at radius 3 is 2.52 bits per heavy atom. The van der Waals surface area contributed by atoms with Gasteiger partial charge >= 0.3 is 0 Å². The van der Waals surface area contributed by atoms with Crippen LogP contribution in [0.4, 0.5) is 5.82 Å². The lowest BCUT2D eigenvalue weighted by Gasteiger charge is -2.36. The molecule has 0 spiro atoms. The summed E-state index contributed by atoms with van der Waals surface area (Å²) in [6.45, 7) is 2.87. The average Bonchev–Trinajstić information content (AvgIpc) is 3.04. The second-order valence-electron chi connectivity index (χ2n) is 5.88. The van der Waals surface area contributed by atoms with E-state index in [9.17, 15) is 8.42 Å². The Bertz CT molecular complexity index is 588. The van der Waals surface area contributed by atoms with Gasteiger partial charge < -0.3 is 10.6 Å². The maximum Gasteiger partial charge on any atom is 0.245 e. The van der Waals surface area contributed by atoms with E-state index in [1.54, 1.807) is 0 Å². The zero-order chi connectivity index (χ0) is 15.7. The zero-order valence-electron chi connectivity index (χ0n) is 13.0. The van der Waals surface area contributed by atoms with Crippen LogP contribution in [0.25, 0.3) is 0 Å². The summed E-state index contributed by atoms with van der Waals surface area (Å²) in [7, 11) is 0.382. The van der Waals surface area contributed by atoms with Gasteiger partial charge in [-0.2, -0.15) is 5.10 Å². The first-order valence-corrected chi connectivity index (χ1v) is 8.79. The molecule has 1 aliphatic rings. The molecule has 0 bridgehead atoms. The highest BCUT2D eigenvalue weighted by Crippen LogP contribution is 2.33. The molecule has 0 aromatic carbocycles. The average molecular weight is 315 g/mol. The second kappa shape index (κ2) is 5.94. The molecule has 120 valence electrons. The Labute approximate surface area is 126 Å². The second-order valence-corrected chi connectivity index (χ2v) is 7.62. The number of sulfonamides is 1. The van der Waals surface area contributed by atoms with Crippen LogP contribution < -0.4 is 10.5 Å². The zero-order valence-corrected chi connectivity index (χ0v) is 13.8.